The monoisotopic (exact) mass is 233 g/mol. The van der Waals surface area contributed by atoms with Gasteiger partial charge >= 0.3 is 0 Å². The van der Waals surface area contributed by atoms with Crippen molar-refractivity contribution < 1.29 is 0 Å². The summed E-state index contributed by atoms with van der Waals surface area (Å²) in [5.41, 5.74) is 0.593. The van der Waals surface area contributed by atoms with Crippen LogP contribution in [0.25, 0.3) is 5.78 Å². The molecule has 0 amide bonds. The number of hydrogen-bond donors (Lipinski definition) is 2. The van der Waals surface area contributed by atoms with Gasteiger partial charge in [0.1, 0.15) is 5.82 Å². The number of nitrogens with zero attached hydrogens (tertiary/aromatic N) is 3. The number of aromatic nitrogens is 4. The second kappa shape index (κ2) is 3.66. The fourth-order valence-corrected chi connectivity index (χ4v) is 2.35. The predicted octanol–water partition coefficient (Wildman–Crippen LogP) is 0.0489. The summed E-state index contributed by atoms with van der Waals surface area (Å²) in [5.74, 6) is 2.16. The van der Waals surface area contributed by atoms with Gasteiger partial charge in [0.2, 0.25) is 0 Å². The highest BCUT2D eigenvalue weighted by Gasteiger charge is 2.27. The van der Waals surface area contributed by atoms with Crippen LogP contribution in [0.15, 0.2) is 10.9 Å². The Morgan fingerprint density at radius 2 is 2.24 bits per heavy atom. The van der Waals surface area contributed by atoms with Crippen LogP contribution in [0, 0.1) is 12.8 Å². The predicted molar refractivity (Wildman–Crippen MR) is 63.1 cm³/mol. The second-order valence-corrected chi connectivity index (χ2v) is 4.72. The Labute approximate surface area is 98.1 Å². The van der Waals surface area contributed by atoms with Crippen molar-refractivity contribution in [2.75, 3.05) is 13.1 Å². The maximum atomic E-state index is 11.7. The minimum Gasteiger partial charge on any atom is -0.316 e. The lowest BCUT2D eigenvalue weighted by Gasteiger charge is -2.09. The SMILES string of the molecule is Cc1cc(=O)n2[nH]c(C3CNCC3C)nc2n1. The van der Waals surface area contributed by atoms with Gasteiger partial charge in [-0.05, 0) is 19.4 Å². The molecule has 0 spiro atoms. The van der Waals surface area contributed by atoms with Gasteiger partial charge in [0, 0.05) is 24.2 Å². The van der Waals surface area contributed by atoms with Crippen molar-refractivity contribution in [1.29, 1.82) is 0 Å². The average molecular weight is 233 g/mol. The minimum absolute atomic E-state index is 0.107. The first kappa shape index (κ1) is 10.5. The summed E-state index contributed by atoms with van der Waals surface area (Å²) in [7, 11) is 0. The van der Waals surface area contributed by atoms with Crippen molar-refractivity contribution in [3.05, 3.63) is 27.9 Å². The molecule has 90 valence electrons. The third-order valence-electron chi connectivity index (χ3n) is 3.34. The normalized spacial score (nSPS) is 24.6. The van der Waals surface area contributed by atoms with Crippen LogP contribution in [0.2, 0.25) is 0 Å². The second-order valence-electron chi connectivity index (χ2n) is 4.72. The van der Waals surface area contributed by atoms with Gasteiger partial charge in [-0.15, -0.1) is 0 Å². The summed E-state index contributed by atoms with van der Waals surface area (Å²) >= 11 is 0. The largest absolute Gasteiger partial charge is 0.316 e. The van der Waals surface area contributed by atoms with Gasteiger partial charge in [-0.1, -0.05) is 6.92 Å². The van der Waals surface area contributed by atoms with E-state index in [1.807, 2.05) is 0 Å². The van der Waals surface area contributed by atoms with Crippen LogP contribution in [0.1, 0.15) is 24.4 Å². The minimum atomic E-state index is -0.107. The molecule has 2 N–H and O–H groups in total. The van der Waals surface area contributed by atoms with E-state index in [1.165, 1.54) is 10.6 Å². The molecule has 2 aromatic heterocycles. The molecule has 2 aromatic rings. The molecule has 1 aliphatic heterocycles. The molecular weight excluding hydrogens is 218 g/mol. The Bertz CT molecular complexity index is 614. The summed E-state index contributed by atoms with van der Waals surface area (Å²) in [6.07, 6.45) is 0. The van der Waals surface area contributed by atoms with Crippen LogP contribution in [0.3, 0.4) is 0 Å². The van der Waals surface area contributed by atoms with Crippen LogP contribution in [-0.4, -0.2) is 32.7 Å². The van der Waals surface area contributed by atoms with Gasteiger partial charge in [-0.25, -0.2) is 4.98 Å². The fraction of sp³-hybridized carbons (Fsp3) is 0.545. The Morgan fingerprint density at radius 1 is 1.41 bits per heavy atom. The molecular formula is C11H15N5O. The summed E-state index contributed by atoms with van der Waals surface area (Å²) in [5, 5.41) is 6.38. The molecule has 2 unspecified atom stereocenters. The van der Waals surface area contributed by atoms with E-state index >= 15 is 0 Å². The van der Waals surface area contributed by atoms with Crippen molar-refractivity contribution >= 4 is 5.78 Å². The molecule has 0 radical (unpaired) electrons. The summed E-state index contributed by atoms with van der Waals surface area (Å²) in [6.45, 7) is 5.87. The number of H-pyrrole nitrogens is 1. The van der Waals surface area contributed by atoms with Crippen LogP contribution >= 0.6 is 0 Å². The number of aryl methyl sites for hydroxylation is 1. The lowest BCUT2D eigenvalue weighted by molar-refractivity contribution is 0.545. The van der Waals surface area contributed by atoms with E-state index < -0.39 is 0 Å². The van der Waals surface area contributed by atoms with Crippen molar-refractivity contribution in [2.45, 2.75) is 19.8 Å². The highest BCUT2D eigenvalue weighted by Crippen LogP contribution is 2.24. The Balaban J connectivity index is 2.13. The zero-order chi connectivity index (χ0) is 12.0. The van der Waals surface area contributed by atoms with Crippen molar-refractivity contribution in [3.63, 3.8) is 0 Å². The van der Waals surface area contributed by atoms with Gasteiger partial charge in [-0.3, -0.25) is 9.89 Å². The smallest absolute Gasteiger partial charge is 0.274 e. The van der Waals surface area contributed by atoms with E-state index in [-0.39, 0.29) is 5.56 Å². The van der Waals surface area contributed by atoms with Crippen LogP contribution in [-0.2, 0) is 0 Å². The Hall–Kier alpha value is -1.69. The summed E-state index contributed by atoms with van der Waals surface area (Å²) in [6, 6.07) is 1.51. The molecule has 2 atom stereocenters. The Morgan fingerprint density at radius 3 is 2.94 bits per heavy atom. The lowest BCUT2D eigenvalue weighted by Crippen LogP contribution is -2.15. The highest BCUT2D eigenvalue weighted by atomic mass is 16.1. The Kier molecular flexibility index (Phi) is 2.25. The molecule has 1 saturated heterocycles. The fourth-order valence-electron chi connectivity index (χ4n) is 2.35. The van der Waals surface area contributed by atoms with Gasteiger partial charge in [0.25, 0.3) is 11.3 Å². The summed E-state index contributed by atoms with van der Waals surface area (Å²) < 4.78 is 1.41. The molecule has 3 heterocycles. The molecule has 0 aliphatic carbocycles. The molecule has 1 aliphatic rings. The lowest BCUT2D eigenvalue weighted by atomic mass is 9.98. The van der Waals surface area contributed by atoms with E-state index in [2.05, 4.69) is 27.3 Å². The van der Waals surface area contributed by atoms with E-state index in [9.17, 15) is 4.79 Å². The molecule has 1 fully saturated rings. The zero-order valence-corrected chi connectivity index (χ0v) is 9.90. The van der Waals surface area contributed by atoms with E-state index in [0.29, 0.717) is 23.3 Å². The first-order valence-corrected chi connectivity index (χ1v) is 5.82. The molecule has 17 heavy (non-hydrogen) atoms. The molecule has 0 aromatic carbocycles. The molecule has 3 rings (SSSR count). The number of nitrogens with one attached hydrogen (secondary N) is 2. The zero-order valence-electron chi connectivity index (χ0n) is 9.90. The van der Waals surface area contributed by atoms with Crippen LogP contribution < -0.4 is 10.9 Å². The first-order valence-electron chi connectivity index (χ1n) is 5.82. The summed E-state index contributed by atoms with van der Waals surface area (Å²) in [4.78, 5) is 20.4. The molecule has 6 nitrogen and oxygen atoms in total. The van der Waals surface area contributed by atoms with E-state index in [4.69, 9.17) is 0 Å². The molecule has 0 bridgehead atoms. The van der Waals surface area contributed by atoms with Gasteiger partial charge < -0.3 is 5.32 Å². The molecule has 0 saturated carbocycles. The van der Waals surface area contributed by atoms with Gasteiger partial charge in [0.15, 0.2) is 0 Å². The highest BCUT2D eigenvalue weighted by molar-refractivity contribution is 5.28. The van der Waals surface area contributed by atoms with Gasteiger partial charge in [-0.2, -0.15) is 9.50 Å². The topological polar surface area (TPSA) is 75.1 Å². The number of hydrogen-bond acceptors (Lipinski definition) is 4. The quantitative estimate of drug-likeness (QED) is 0.729. The standard InChI is InChI=1S/C11H15N5O/c1-6-4-12-5-8(6)10-14-11-13-7(2)3-9(17)16(11)15-10/h3,6,8,12H,4-5H2,1-2H3,(H,13,14,15). The van der Waals surface area contributed by atoms with Crippen LogP contribution in [0.4, 0.5) is 0 Å². The number of aromatic amines is 1. The van der Waals surface area contributed by atoms with E-state index in [0.717, 1.165) is 18.9 Å². The van der Waals surface area contributed by atoms with Crippen molar-refractivity contribution in [2.24, 2.45) is 5.92 Å². The third kappa shape index (κ3) is 1.64. The maximum absolute atomic E-state index is 11.7. The maximum Gasteiger partial charge on any atom is 0.274 e. The van der Waals surface area contributed by atoms with Gasteiger partial charge in [0.05, 0.1) is 0 Å². The van der Waals surface area contributed by atoms with Crippen molar-refractivity contribution in [1.82, 2.24) is 24.9 Å². The first-order chi connectivity index (χ1) is 8.15. The number of rotatable bonds is 1. The van der Waals surface area contributed by atoms with E-state index in [1.54, 1.807) is 6.92 Å². The number of fused-ring (bicyclic) bond motifs is 1. The molecule has 6 heteroatoms. The third-order valence-corrected chi connectivity index (χ3v) is 3.34. The van der Waals surface area contributed by atoms with Crippen LogP contribution in [0.5, 0.6) is 0 Å². The average Bonchev–Trinajstić information content (AvgIpc) is 2.83. The van der Waals surface area contributed by atoms with Crippen molar-refractivity contribution in [3.8, 4) is 0 Å².